The Morgan fingerprint density at radius 1 is 1.12 bits per heavy atom. The summed E-state index contributed by atoms with van der Waals surface area (Å²) < 4.78 is 45.2. The fourth-order valence-corrected chi connectivity index (χ4v) is 2.44. The first-order valence-corrected chi connectivity index (χ1v) is 6.79. The highest BCUT2D eigenvalue weighted by Gasteiger charge is 2.32. The van der Waals surface area contributed by atoms with Crippen LogP contribution in [0.1, 0.15) is 21.9 Å². The summed E-state index contributed by atoms with van der Waals surface area (Å²) in [5.74, 6) is -1.32. The van der Waals surface area contributed by atoms with Crippen LogP contribution in [0.15, 0.2) is 51.8 Å². The number of carboxylic acid groups (broad SMARTS) is 1. The summed E-state index contributed by atoms with van der Waals surface area (Å²) in [6.07, 6.45) is -3.33. The molecule has 0 aliphatic rings. The minimum atomic E-state index is -4.56. The topological polar surface area (TPSA) is 72.4 Å². The van der Waals surface area contributed by atoms with Gasteiger partial charge in [0, 0.05) is 17.0 Å². The van der Waals surface area contributed by atoms with Crippen molar-refractivity contribution in [3.05, 3.63) is 70.0 Å². The van der Waals surface area contributed by atoms with E-state index in [0.29, 0.717) is 0 Å². The third kappa shape index (κ3) is 2.78. The number of fused-ring (bicyclic) bond motifs is 1. The third-order valence-corrected chi connectivity index (χ3v) is 3.52. The van der Waals surface area contributed by atoms with Crippen LogP contribution >= 0.6 is 0 Å². The molecule has 0 unspecified atom stereocenters. The number of rotatable bonds is 3. The van der Waals surface area contributed by atoms with Crippen molar-refractivity contribution in [1.29, 1.82) is 0 Å². The van der Waals surface area contributed by atoms with Gasteiger partial charge < -0.3 is 14.1 Å². The second-order valence-electron chi connectivity index (χ2n) is 5.08. The Balaban J connectivity index is 2.06. The van der Waals surface area contributed by atoms with E-state index in [2.05, 4.69) is 0 Å². The maximum absolute atomic E-state index is 13.0. The molecule has 2 aromatic heterocycles. The lowest BCUT2D eigenvalue weighted by Gasteiger charge is -2.11. The van der Waals surface area contributed by atoms with Crippen molar-refractivity contribution >= 4 is 16.7 Å². The molecule has 0 bridgehead atoms. The highest BCUT2D eigenvalue weighted by atomic mass is 19.4. The monoisotopic (exact) mass is 337 g/mol. The summed E-state index contributed by atoms with van der Waals surface area (Å²) in [6, 6.07) is 7.25. The van der Waals surface area contributed by atoms with Crippen LogP contribution in [-0.2, 0) is 12.7 Å². The van der Waals surface area contributed by atoms with Gasteiger partial charge in [0.1, 0.15) is 5.76 Å². The Morgan fingerprint density at radius 2 is 1.88 bits per heavy atom. The first-order valence-electron chi connectivity index (χ1n) is 6.79. The first-order chi connectivity index (χ1) is 11.3. The smallest absolute Gasteiger partial charge is 0.417 e. The first kappa shape index (κ1) is 15.9. The van der Waals surface area contributed by atoms with Gasteiger partial charge in [-0.05, 0) is 30.3 Å². The van der Waals surface area contributed by atoms with Gasteiger partial charge in [-0.25, -0.2) is 4.79 Å². The van der Waals surface area contributed by atoms with Gasteiger partial charge in [0.05, 0.1) is 12.1 Å². The standard InChI is InChI=1S/C16H10F3NO4/c17-16(18,19)12-3-1-2-11-10(12)6-7-20(14(11)21)8-9-4-5-13(24-9)15(22)23/h1-7H,8H2,(H,22,23). The molecule has 1 N–H and O–H groups in total. The minimum Gasteiger partial charge on any atom is -0.475 e. The number of hydrogen-bond acceptors (Lipinski definition) is 3. The lowest BCUT2D eigenvalue weighted by Crippen LogP contribution is -2.21. The predicted molar refractivity (Wildman–Crippen MR) is 78.0 cm³/mol. The molecule has 0 saturated heterocycles. The molecule has 5 nitrogen and oxygen atoms in total. The van der Waals surface area contributed by atoms with E-state index in [-0.39, 0.29) is 28.8 Å². The number of aromatic carboxylic acids is 1. The van der Waals surface area contributed by atoms with Gasteiger partial charge in [0.15, 0.2) is 0 Å². The maximum atomic E-state index is 13.0. The van der Waals surface area contributed by atoms with Crippen LogP contribution in [0.4, 0.5) is 13.2 Å². The number of pyridine rings is 1. The molecule has 0 atom stereocenters. The van der Waals surface area contributed by atoms with Crippen LogP contribution < -0.4 is 5.56 Å². The number of halogens is 3. The Labute approximate surface area is 132 Å². The molecule has 24 heavy (non-hydrogen) atoms. The Hall–Kier alpha value is -3.03. The van der Waals surface area contributed by atoms with Gasteiger partial charge in [0.2, 0.25) is 5.76 Å². The number of alkyl halides is 3. The van der Waals surface area contributed by atoms with Crippen molar-refractivity contribution in [1.82, 2.24) is 4.57 Å². The molecular formula is C16H10F3NO4. The van der Waals surface area contributed by atoms with Gasteiger partial charge in [-0.1, -0.05) is 6.07 Å². The second-order valence-corrected chi connectivity index (χ2v) is 5.08. The zero-order valence-corrected chi connectivity index (χ0v) is 12.0. The fraction of sp³-hybridized carbons (Fsp3) is 0.125. The van der Waals surface area contributed by atoms with E-state index in [1.54, 1.807) is 0 Å². The molecule has 0 aliphatic carbocycles. The number of carboxylic acids is 1. The third-order valence-electron chi connectivity index (χ3n) is 3.52. The number of hydrogen-bond donors (Lipinski definition) is 1. The van der Waals surface area contributed by atoms with Crippen molar-refractivity contribution in [2.24, 2.45) is 0 Å². The summed E-state index contributed by atoms with van der Waals surface area (Å²) in [6.45, 7) is -0.0850. The lowest BCUT2D eigenvalue weighted by molar-refractivity contribution is -0.136. The minimum absolute atomic E-state index is 0.0719. The van der Waals surface area contributed by atoms with Gasteiger partial charge in [0.25, 0.3) is 5.56 Å². The molecule has 0 amide bonds. The largest absolute Gasteiger partial charge is 0.475 e. The van der Waals surface area contributed by atoms with Crippen LogP contribution in [0.2, 0.25) is 0 Å². The van der Waals surface area contributed by atoms with Crippen molar-refractivity contribution in [2.45, 2.75) is 12.7 Å². The molecule has 3 aromatic rings. The number of aromatic nitrogens is 1. The Kier molecular flexibility index (Phi) is 3.67. The van der Waals surface area contributed by atoms with Crippen molar-refractivity contribution in [2.75, 3.05) is 0 Å². The highest BCUT2D eigenvalue weighted by molar-refractivity contribution is 5.85. The molecule has 0 aliphatic heterocycles. The van der Waals surface area contributed by atoms with Crippen molar-refractivity contribution in [3.63, 3.8) is 0 Å². The summed E-state index contributed by atoms with van der Waals surface area (Å²) in [7, 11) is 0. The zero-order valence-electron chi connectivity index (χ0n) is 12.0. The average Bonchev–Trinajstić information content (AvgIpc) is 2.97. The molecular weight excluding hydrogens is 327 g/mol. The van der Waals surface area contributed by atoms with Gasteiger partial charge in [-0.15, -0.1) is 0 Å². The SMILES string of the molecule is O=C(O)c1ccc(Cn2ccc3c(C(F)(F)F)cccc3c2=O)o1. The number of carbonyl (C=O) groups is 1. The molecule has 0 fully saturated rings. The molecule has 0 radical (unpaired) electrons. The molecule has 0 spiro atoms. The molecule has 0 saturated carbocycles. The normalized spacial score (nSPS) is 11.8. The second kappa shape index (κ2) is 5.55. The van der Waals surface area contributed by atoms with E-state index >= 15 is 0 Å². The lowest BCUT2D eigenvalue weighted by atomic mass is 10.1. The van der Waals surface area contributed by atoms with E-state index in [9.17, 15) is 22.8 Å². The maximum Gasteiger partial charge on any atom is 0.417 e. The van der Waals surface area contributed by atoms with Crippen LogP contribution in [-0.4, -0.2) is 15.6 Å². The van der Waals surface area contributed by atoms with Crippen LogP contribution in [0, 0.1) is 0 Å². The zero-order chi connectivity index (χ0) is 17.5. The summed E-state index contributed by atoms with van der Waals surface area (Å²) in [4.78, 5) is 23.2. The highest BCUT2D eigenvalue weighted by Crippen LogP contribution is 2.33. The van der Waals surface area contributed by atoms with Crippen LogP contribution in [0.25, 0.3) is 10.8 Å². The quantitative estimate of drug-likeness (QED) is 0.795. The number of nitrogens with zero attached hydrogens (tertiary/aromatic N) is 1. The van der Waals surface area contributed by atoms with E-state index < -0.39 is 23.3 Å². The molecule has 2 heterocycles. The van der Waals surface area contributed by atoms with E-state index in [4.69, 9.17) is 9.52 Å². The Bertz CT molecular complexity index is 985. The predicted octanol–water partition coefficient (Wildman–Crippen LogP) is 3.36. The van der Waals surface area contributed by atoms with Gasteiger partial charge >= 0.3 is 12.1 Å². The van der Waals surface area contributed by atoms with E-state index in [1.807, 2.05) is 0 Å². The van der Waals surface area contributed by atoms with E-state index in [1.165, 1.54) is 36.5 Å². The number of benzene rings is 1. The fourth-order valence-electron chi connectivity index (χ4n) is 2.44. The van der Waals surface area contributed by atoms with Gasteiger partial charge in [-0.2, -0.15) is 13.2 Å². The van der Waals surface area contributed by atoms with Crippen LogP contribution in [0.5, 0.6) is 0 Å². The Morgan fingerprint density at radius 3 is 2.50 bits per heavy atom. The summed E-state index contributed by atoms with van der Waals surface area (Å²) in [5, 5.41) is 8.54. The summed E-state index contributed by atoms with van der Waals surface area (Å²) in [5.41, 5.74) is -1.50. The van der Waals surface area contributed by atoms with Crippen molar-refractivity contribution in [3.8, 4) is 0 Å². The molecule has 1 aromatic carbocycles. The van der Waals surface area contributed by atoms with Crippen molar-refractivity contribution < 1.29 is 27.5 Å². The van der Waals surface area contributed by atoms with E-state index in [0.717, 1.165) is 10.6 Å². The molecule has 3 rings (SSSR count). The number of furan rings is 1. The van der Waals surface area contributed by atoms with Gasteiger partial charge in [-0.3, -0.25) is 4.79 Å². The average molecular weight is 337 g/mol. The molecule has 8 heteroatoms. The van der Waals surface area contributed by atoms with Crippen LogP contribution in [0.3, 0.4) is 0 Å². The molecule has 124 valence electrons. The summed E-state index contributed by atoms with van der Waals surface area (Å²) >= 11 is 0.